The molecule has 1 aromatic heterocycles. The van der Waals surface area contributed by atoms with Crippen molar-refractivity contribution in [2.75, 3.05) is 5.32 Å². The summed E-state index contributed by atoms with van der Waals surface area (Å²) in [6.45, 7) is 2.30. The van der Waals surface area contributed by atoms with Gasteiger partial charge in [0.05, 0.1) is 17.1 Å². The zero-order valence-electron chi connectivity index (χ0n) is 15.4. The Balaban J connectivity index is 1.54. The van der Waals surface area contributed by atoms with E-state index in [0.29, 0.717) is 0 Å². The fourth-order valence-electron chi connectivity index (χ4n) is 4.87. The maximum atomic E-state index is 3.81. The molecular weight excluding hydrogens is 316 g/mol. The van der Waals surface area contributed by atoms with Gasteiger partial charge in [-0.05, 0) is 61.1 Å². The van der Waals surface area contributed by atoms with Crippen LogP contribution in [0.2, 0.25) is 0 Å². The minimum Gasteiger partial charge on any atom is -0.369 e. The van der Waals surface area contributed by atoms with Crippen LogP contribution in [0, 0.1) is 0 Å². The summed E-state index contributed by atoms with van der Waals surface area (Å²) < 4.78 is 2.32. The molecule has 1 saturated carbocycles. The molecule has 3 aromatic rings. The van der Waals surface area contributed by atoms with E-state index >= 15 is 0 Å². The van der Waals surface area contributed by atoms with Gasteiger partial charge in [-0.2, -0.15) is 0 Å². The van der Waals surface area contributed by atoms with Gasteiger partial charge in [-0.15, -0.1) is 0 Å². The van der Waals surface area contributed by atoms with E-state index in [4.69, 9.17) is 0 Å². The second-order valence-corrected chi connectivity index (χ2v) is 7.99. The normalized spacial score (nSPS) is 22.3. The molecule has 1 fully saturated rings. The van der Waals surface area contributed by atoms with Crippen molar-refractivity contribution in [1.82, 2.24) is 4.57 Å². The second-order valence-electron chi connectivity index (χ2n) is 7.99. The van der Waals surface area contributed by atoms with Crippen LogP contribution in [-0.2, 0) is 5.54 Å². The lowest BCUT2D eigenvalue weighted by atomic mass is 9.81. The van der Waals surface area contributed by atoms with Crippen LogP contribution >= 0.6 is 0 Å². The molecule has 132 valence electrons. The molecule has 1 N–H and O–H groups in total. The van der Waals surface area contributed by atoms with Crippen molar-refractivity contribution in [3.05, 3.63) is 83.7 Å². The van der Waals surface area contributed by atoms with E-state index in [-0.39, 0.29) is 5.54 Å². The fourth-order valence-corrected chi connectivity index (χ4v) is 4.87. The number of nitrogens with one attached hydrogen (secondary N) is 1. The number of rotatable bonds is 2. The number of hydrogen-bond acceptors (Lipinski definition) is 1. The molecule has 26 heavy (non-hydrogen) atoms. The van der Waals surface area contributed by atoms with Crippen LogP contribution in [0.4, 0.5) is 5.69 Å². The average Bonchev–Trinajstić information content (AvgIpc) is 3.20. The Kier molecular flexibility index (Phi) is 3.66. The minimum atomic E-state index is -0.219. The molecule has 5 rings (SSSR count). The molecule has 1 aliphatic heterocycles. The lowest BCUT2D eigenvalue weighted by Gasteiger charge is -2.39. The summed E-state index contributed by atoms with van der Waals surface area (Å²) in [7, 11) is 0. The standard InChI is InChI=1S/C24H26N2/c1-24(20-15-13-19(14-16-20)18-8-3-2-4-9-18)23-12-7-17-26(23)22-11-6-5-10-21(22)25-24/h5-7,10-18,25H,2-4,8-9H2,1H3. The molecule has 0 saturated heterocycles. The van der Waals surface area contributed by atoms with Gasteiger partial charge in [0.2, 0.25) is 0 Å². The summed E-state index contributed by atoms with van der Waals surface area (Å²) in [6, 6.07) is 22.3. The van der Waals surface area contributed by atoms with Gasteiger partial charge in [-0.25, -0.2) is 0 Å². The largest absolute Gasteiger partial charge is 0.369 e. The van der Waals surface area contributed by atoms with Crippen molar-refractivity contribution >= 4 is 5.69 Å². The van der Waals surface area contributed by atoms with E-state index < -0.39 is 0 Å². The van der Waals surface area contributed by atoms with E-state index in [0.717, 1.165) is 5.92 Å². The SMILES string of the molecule is CC1(c2ccc(C3CCCCC3)cc2)Nc2ccccc2-n2cccc21. The Hall–Kier alpha value is -2.48. The zero-order valence-corrected chi connectivity index (χ0v) is 15.4. The van der Waals surface area contributed by atoms with Gasteiger partial charge in [-0.1, -0.05) is 55.7 Å². The molecule has 1 aliphatic carbocycles. The first-order valence-electron chi connectivity index (χ1n) is 9.91. The quantitative estimate of drug-likeness (QED) is 0.585. The van der Waals surface area contributed by atoms with Crippen LogP contribution < -0.4 is 5.32 Å². The summed E-state index contributed by atoms with van der Waals surface area (Å²) in [6.07, 6.45) is 9.05. The molecule has 2 heteroatoms. The molecule has 2 nitrogen and oxygen atoms in total. The Morgan fingerprint density at radius 1 is 0.885 bits per heavy atom. The Bertz CT molecular complexity index is 915. The van der Waals surface area contributed by atoms with E-state index in [1.165, 1.54) is 60.3 Å². The third-order valence-electron chi connectivity index (χ3n) is 6.37. The molecule has 0 amide bonds. The third kappa shape index (κ3) is 2.39. The van der Waals surface area contributed by atoms with Crippen molar-refractivity contribution in [2.45, 2.75) is 50.5 Å². The van der Waals surface area contributed by atoms with Gasteiger partial charge in [0.1, 0.15) is 5.54 Å². The fraction of sp³-hybridized carbons (Fsp3) is 0.333. The maximum absolute atomic E-state index is 3.81. The van der Waals surface area contributed by atoms with Gasteiger partial charge in [0.15, 0.2) is 0 Å². The van der Waals surface area contributed by atoms with Crippen LogP contribution in [0.1, 0.15) is 61.8 Å². The summed E-state index contributed by atoms with van der Waals surface area (Å²) >= 11 is 0. The first-order valence-corrected chi connectivity index (χ1v) is 9.91. The van der Waals surface area contributed by atoms with Crippen molar-refractivity contribution in [2.24, 2.45) is 0 Å². The number of para-hydroxylation sites is 2. The van der Waals surface area contributed by atoms with Crippen molar-refractivity contribution in [3.63, 3.8) is 0 Å². The highest BCUT2D eigenvalue weighted by molar-refractivity contribution is 5.68. The van der Waals surface area contributed by atoms with Gasteiger partial charge in [-0.3, -0.25) is 0 Å². The number of aromatic nitrogens is 1. The van der Waals surface area contributed by atoms with Crippen LogP contribution in [0.15, 0.2) is 66.9 Å². The highest BCUT2D eigenvalue weighted by Gasteiger charge is 2.36. The number of hydrogen-bond donors (Lipinski definition) is 1. The van der Waals surface area contributed by atoms with Crippen LogP contribution in [0.25, 0.3) is 5.69 Å². The number of anilines is 1. The molecule has 1 unspecified atom stereocenters. The van der Waals surface area contributed by atoms with Gasteiger partial charge in [0.25, 0.3) is 0 Å². The smallest absolute Gasteiger partial charge is 0.101 e. The van der Waals surface area contributed by atoms with E-state index in [1.54, 1.807) is 0 Å². The number of fused-ring (bicyclic) bond motifs is 3. The average molecular weight is 342 g/mol. The van der Waals surface area contributed by atoms with Crippen LogP contribution in [-0.4, -0.2) is 4.57 Å². The van der Waals surface area contributed by atoms with E-state index in [1.807, 2.05) is 0 Å². The van der Waals surface area contributed by atoms with E-state index in [9.17, 15) is 0 Å². The summed E-state index contributed by atoms with van der Waals surface area (Å²) in [5.41, 5.74) is 6.33. The summed E-state index contributed by atoms with van der Waals surface area (Å²) in [4.78, 5) is 0. The lowest BCUT2D eigenvalue weighted by Crippen LogP contribution is -2.38. The van der Waals surface area contributed by atoms with Gasteiger partial charge < -0.3 is 9.88 Å². The van der Waals surface area contributed by atoms with Crippen LogP contribution in [0.3, 0.4) is 0 Å². The number of benzene rings is 2. The highest BCUT2D eigenvalue weighted by Crippen LogP contribution is 2.42. The Morgan fingerprint density at radius 3 is 2.46 bits per heavy atom. The van der Waals surface area contributed by atoms with Crippen molar-refractivity contribution in [3.8, 4) is 5.69 Å². The third-order valence-corrected chi connectivity index (χ3v) is 6.37. The molecule has 1 atom stereocenters. The molecule has 0 spiro atoms. The zero-order chi connectivity index (χ0) is 17.6. The molecule has 2 aliphatic rings. The molecule has 0 radical (unpaired) electrons. The highest BCUT2D eigenvalue weighted by atomic mass is 15.1. The first kappa shape index (κ1) is 15.7. The monoisotopic (exact) mass is 342 g/mol. The van der Waals surface area contributed by atoms with Crippen LogP contribution in [0.5, 0.6) is 0 Å². The molecule has 2 aromatic carbocycles. The van der Waals surface area contributed by atoms with Crippen molar-refractivity contribution < 1.29 is 0 Å². The maximum Gasteiger partial charge on any atom is 0.101 e. The van der Waals surface area contributed by atoms with E-state index in [2.05, 4.69) is 83.7 Å². The second kappa shape index (κ2) is 6.05. The Morgan fingerprint density at radius 2 is 1.65 bits per heavy atom. The summed E-state index contributed by atoms with van der Waals surface area (Å²) in [5.74, 6) is 0.759. The van der Waals surface area contributed by atoms with Gasteiger partial charge in [0, 0.05) is 6.20 Å². The first-order chi connectivity index (χ1) is 12.8. The topological polar surface area (TPSA) is 17.0 Å². The number of nitrogens with zero attached hydrogens (tertiary/aromatic N) is 1. The predicted molar refractivity (Wildman–Crippen MR) is 108 cm³/mol. The molecular formula is C24H26N2. The van der Waals surface area contributed by atoms with Gasteiger partial charge >= 0.3 is 0 Å². The minimum absolute atomic E-state index is 0.219. The Labute approximate surface area is 155 Å². The molecule has 0 bridgehead atoms. The van der Waals surface area contributed by atoms with Crippen molar-refractivity contribution in [1.29, 1.82) is 0 Å². The lowest BCUT2D eigenvalue weighted by molar-refractivity contribution is 0.443. The molecule has 2 heterocycles. The predicted octanol–water partition coefficient (Wildman–Crippen LogP) is 6.21. The summed E-state index contributed by atoms with van der Waals surface area (Å²) in [5, 5.41) is 3.81.